The third kappa shape index (κ3) is 5.92. The summed E-state index contributed by atoms with van der Waals surface area (Å²) in [6.45, 7) is 3.40. The molecule has 0 radical (unpaired) electrons. The number of fused-ring (bicyclic) bond motifs is 1. The van der Waals surface area contributed by atoms with Crippen LogP contribution in [0.4, 0.5) is 24.5 Å². The Morgan fingerprint density at radius 2 is 1.73 bits per heavy atom. The van der Waals surface area contributed by atoms with Crippen molar-refractivity contribution < 1.29 is 27.5 Å². The lowest BCUT2D eigenvalue weighted by molar-refractivity contribution is -0.137. The molecule has 0 atom stereocenters. The van der Waals surface area contributed by atoms with E-state index in [0.717, 1.165) is 45.8 Å². The zero-order valence-corrected chi connectivity index (χ0v) is 20.2. The number of amides is 2. The molecule has 7 nitrogen and oxygen atoms in total. The van der Waals surface area contributed by atoms with Crippen LogP contribution in [0.2, 0.25) is 0 Å². The fraction of sp³-hybridized carbons (Fsp3) is 0.185. The Morgan fingerprint density at radius 3 is 2.46 bits per heavy atom. The lowest BCUT2D eigenvalue weighted by Crippen LogP contribution is -2.20. The highest BCUT2D eigenvalue weighted by Crippen LogP contribution is 2.35. The van der Waals surface area contributed by atoms with Gasteiger partial charge < -0.3 is 15.4 Å². The van der Waals surface area contributed by atoms with Gasteiger partial charge in [0, 0.05) is 24.3 Å². The molecule has 0 fully saturated rings. The van der Waals surface area contributed by atoms with Crippen molar-refractivity contribution in [2.75, 3.05) is 24.4 Å². The quantitative estimate of drug-likeness (QED) is 0.345. The Kier molecular flexibility index (Phi) is 7.21. The molecule has 0 saturated carbocycles. The average Bonchev–Trinajstić information content (AvgIpc) is 2.84. The number of nitrogens with zero attached hydrogens (tertiary/aromatic N) is 2. The molecule has 0 saturated heterocycles. The summed E-state index contributed by atoms with van der Waals surface area (Å²) in [5.74, 6) is -0.559. The van der Waals surface area contributed by atoms with Crippen LogP contribution in [0.3, 0.4) is 0 Å². The maximum Gasteiger partial charge on any atom is 0.416 e. The van der Waals surface area contributed by atoms with Gasteiger partial charge in [0.15, 0.2) is 0 Å². The third-order valence-electron chi connectivity index (χ3n) is 5.66. The molecule has 0 aliphatic heterocycles. The number of hydrogen-bond donors (Lipinski definition) is 2. The fourth-order valence-electron chi connectivity index (χ4n) is 3.81. The number of nitrogens with one attached hydrogen (secondary N) is 2. The van der Waals surface area contributed by atoms with Gasteiger partial charge in [-0.1, -0.05) is 12.1 Å². The molecule has 0 aliphatic rings. The summed E-state index contributed by atoms with van der Waals surface area (Å²) in [4.78, 5) is 33.7. The third-order valence-corrected chi connectivity index (χ3v) is 5.66. The van der Waals surface area contributed by atoms with E-state index in [1.807, 2.05) is 25.1 Å². The van der Waals surface area contributed by atoms with E-state index in [-0.39, 0.29) is 23.5 Å². The van der Waals surface area contributed by atoms with Gasteiger partial charge in [0.2, 0.25) is 5.91 Å². The van der Waals surface area contributed by atoms with E-state index in [1.54, 1.807) is 31.3 Å². The minimum atomic E-state index is -4.64. The Balaban J connectivity index is 1.68. The maximum atomic E-state index is 13.3. The van der Waals surface area contributed by atoms with Crippen molar-refractivity contribution in [3.05, 3.63) is 83.3 Å². The van der Waals surface area contributed by atoms with E-state index in [4.69, 9.17) is 4.74 Å². The van der Waals surface area contributed by atoms with E-state index in [2.05, 4.69) is 20.6 Å². The molecule has 2 N–H and O–H groups in total. The Hall–Kier alpha value is -4.31. The van der Waals surface area contributed by atoms with Crippen molar-refractivity contribution in [2.45, 2.75) is 20.0 Å². The van der Waals surface area contributed by atoms with Gasteiger partial charge >= 0.3 is 6.18 Å². The van der Waals surface area contributed by atoms with Gasteiger partial charge in [-0.25, -0.2) is 9.97 Å². The summed E-state index contributed by atoms with van der Waals surface area (Å²) in [5.41, 5.74) is 2.38. The van der Waals surface area contributed by atoms with Crippen molar-refractivity contribution >= 4 is 34.1 Å². The number of carbonyl (C=O) groups excluding carboxylic acids is 2. The molecular formula is C27H23F3N4O3. The highest BCUT2D eigenvalue weighted by Gasteiger charge is 2.31. The van der Waals surface area contributed by atoms with E-state index >= 15 is 0 Å². The number of aryl methyl sites for hydroxylation is 2. The van der Waals surface area contributed by atoms with Crippen LogP contribution in [0.15, 0.2) is 60.8 Å². The van der Waals surface area contributed by atoms with Crippen molar-refractivity contribution in [1.29, 1.82) is 0 Å². The summed E-state index contributed by atoms with van der Waals surface area (Å²) in [6.07, 6.45) is -2.91. The van der Waals surface area contributed by atoms with Crippen LogP contribution in [-0.2, 0) is 15.7 Å². The van der Waals surface area contributed by atoms with Gasteiger partial charge in [-0.3, -0.25) is 9.59 Å². The number of hydrogen-bond acceptors (Lipinski definition) is 5. The van der Waals surface area contributed by atoms with Gasteiger partial charge in [-0.05, 0) is 73.0 Å². The number of aromatic nitrogens is 2. The second-order valence-electron chi connectivity index (χ2n) is 8.41. The number of ether oxygens (including phenoxy) is 1. The Bertz CT molecular complexity index is 1500. The van der Waals surface area contributed by atoms with Crippen molar-refractivity contribution in [2.24, 2.45) is 0 Å². The molecule has 0 bridgehead atoms. The minimum Gasteiger partial charge on any atom is -0.375 e. The number of carbonyl (C=O) groups is 2. The smallest absolute Gasteiger partial charge is 0.375 e. The molecule has 0 spiro atoms. The zero-order chi connectivity index (χ0) is 26.7. The van der Waals surface area contributed by atoms with Crippen LogP contribution >= 0.6 is 0 Å². The van der Waals surface area contributed by atoms with Crippen LogP contribution in [0.25, 0.3) is 22.0 Å². The molecule has 1 aromatic heterocycles. The highest BCUT2D eigenvalue weighted by atomic mass is 19.4. The lowest BCUT2D eigenvalue weighted by Gasteiger charge is -2.16. The lowest BCUT2D eigenvalue weighted by atomic mass is 9.97. The average molecular weight is 509 g/mol. The predicted octanol–water partition coefficient (Wildman–Crippen LogP) is 5.77. The van der Waals surface area contributed by atoms with Crippen LogP contribution in [0, 0.1) is 13.8 Å². The van der Waals surface area contributed by atoms with E-state index in [9.17, 15) is 22.8 Å². The zero-order valence-electron chi connectivity index (χ0n) is 20.2. The maximum absolute atomic E-state index is 13.3. The Labute approximate surface area is 210 Å². The first-order chi connectivity index (χ1) is 17.5. The normalized spacial score (nSPS) is 11.4. The number of rotatable bonds is 6. The summed E-state index contributed by atoms with van der Waals surface area (Å²) in [6, 6.07) is 13.4. The summed E-state index contributed by atoms with van der Waals surface area (Å²) in [7, 11) is 1.31. The van der Waals surface area contributed by atoms with Crippen molar-refractivity contribution in [3.8, 4) is 11.1 Å². The first-order valence-corrected chi connectivity index (χ1v) is 11.2. The molecule has 37 heavy (non-hydrogen) atoms. The Morgan fingerprint density at radius 1 is 0.946 bits per heavy atom. The number of halogens is 3. The summed E-state index contributed by atoms with van der Waals surface area (Å²) >= 11 is 0. The predicted molar refractivity (Wildman–Crippen MR) is 134 cm³/mol. The number of benzene rings is 3. The molecule has 190 valence electrons. The van der Waals surface area contributed by atoms with Gasteiger partial charge in [0.25, 0.3) is 5.91 Å². The van der Waals surface area contributed by atoms with Gasteiger partial charge in [0.05, 0.1) is 22.5 Å². The molecule has 3 aromatic carbocycles. The van der Waals surface area contributed by atoms with Crippen LogP contribution in [0.1, 0.15) is 27.3 Å². The van der Waals surface area contributed by atoms with E-state index < -0.39 is 23.6 Å². The molecular weight excluding hydrogens is 485 g/mol. The van der Waals surface area contributed by atoms with Crippen LogP contribution in [-0.4, -0.2) is 35.5 Å². The number of alkyl halides is 3. The van der Waals surface area contributed by atoms with Crippen molar-refractivity contribution in [1.82, 2.24) is 9.97 Å². The number of anilines is 2. The van der Waals surface area contributed by atoms with E-state index in [0.29, 0.717) is 5.82 Å². The first kappa shape index (κ1) is 25.8. The highest BCUT2D eigenvalue weighted by molar-refractivity contribution is 6.08. The first-order valence-electron chi connectivity index (χ1n) is 11.2. The summed E-state index contributed by atoms with van der Waals surface area (Å²) < 4.78 is 44.8. The standard InChI is InChI=1S/C27H23F3N4O3/c1-15-4-5-18(11-21(15)17-6-8-22-19(10-17)13-31-16(2)32-22)26(36)34-24-12-20(27(28,29)30)7-9-23(24)33-25(35)14-37-3/h4-13H,14H2,1-3H3,(H,33,35)(H,34,36). The van der Waals surface area contributed by atoms with Gasteiger partial charge in [0.1, 0.15) is 12.4 Å². The second-order valence-corrected chi connectivity index (χ2v) is 8.41. The van der Waals surface area contributed by atoms with Crippen molar-refractivity contribution in [3.63, 3.8) is 0 Å². The molecule has 4 aromatic rings. The topological polar surface area (TPSA) is 93.2 Å². The number of methoxy groups -OCH3 is 1. The molecule has 1 heterocycles. The molecule has 10 heteroatoms. The second kappa shape index (κ2) is 10.4. The monoisotopic (exact) mass is 508 g/mol. The van der Waals surface area contributed by atoms with E-state index in [1.165, 1.54) is 7.11 Å². The van der Waals surface area contributed by atoms with Crippen LogP contribution in [0.5, 0.6) is 0 Å². The molecule has 2 amide bonds. The SMILES string of the molecule is COCC(=O)Nc1ccc(C(F)(F)F)cc1NC(=O)c1ccc(C)c(-c2ccc3nc(C)ncc3c2)c1. The van der Waals surface area contributed by atoms with Crippen LogP contribution < -0.4 is 10.6 Å². The minimum absolute atomic E-state index is 0.0144. The van der Waals surface area contributed by atoms with Gasteiger partial charge in [-0.15, -0.1) is 0 Å². The molecule has 0 aliphatic carbocycles. The largest absolute Gasteiger partial charge is 0.416 e. The van der Waals surface area contributed by atoms with Gasteiger partial charge in [-0.2, -0.15) is 13.2 Å². The fourth-order valence-corrected chi connectivity index (χ4v) is 3.81. The molecule has 0 unspecified atom stereocenters. The molecule has 4 rings (SSSR count). The summed E-state index contributed by atoms with van der Waals surface area (Å²) in [5, 5.41) is 5.79.